The van der Waals surface area contributed by atoms with E-state index in [1.807, 2.05) is 32.0 Å². The summed E-state index contributed by atoms with van der Waals surface area (Å²) in [6.07, 6.45) is 0. The van der Waals surface area contributed by atoms with Crippen molar-refractivity contribution in [2.45, 2.75) is 19.9 Å². The highest BCUT2D eigenvalue weighted by Crippen LogP contribution is 2.17. The highest BCUT2D eigenvalue weighted by molar-refractivity contribution is 9.10. The minimum Gasteiger partial charge on any atom is -0.348 e. The van der Waals surface area contributed by atoms with Gasteiger partial charge in [-0.3, -0.25) is 4.79 Å². The topological polar surface area (TPSA) is 55.1 Å². The van der Waals surface area contributed by atoms with E-state index in [9.17, 15) is 4.79 Å². The number of amides is 1. The third-order valence-electron chi connectivity index (χ3n) is 2.10. The first-order valence-electron chi connectivity index (χ1n) is 4.81. The molecule has 0 bridgehead atoms. The molecule has 1 atom stereocenters. The first kappa shape index (κ1) is 12.2. The van der Waals surface area contributed by atoms with Crippen molar-refractivity contribution in [3.63, 3.8) is 0 Å². The fourth-order valence-electron chi connectivity index (χ4n) is 1.17. The summed E-state index contributed by atoms with van der Waals surface area (Å²) >= 11 is 3.35. The van der Waals surface area contributed by atoms with Gasteiger partial charge < -0.3 is 11.1 Å². The molecule has 1 unspecified atom stereocenters. The average Bonchev–Trinajstić information content (AvgIpc) is 2.21. The molecule has 0 spiro atoms. The molecule has 0 heterocycles. The molecule has 0 radical (unpaired) electrons. The van der Waals surface area contributed by atoms with Gasteiger partial charge in [-0.1, -0.05) is 11.6 Å². The van der Waals surface area contributed by atoms with Crippen molar-refractivity contribution in [3.8, 4) is 0 Å². The van der Waals surface area contributed by atoms with E-state index in [2.05, 4.69) is 21.2 Å². The molecule has 0 saturated heterocycles. The molecule has 0 aromatic heterocycles. The number of benzene rings is 1. The van der Waals surface area contributed by atoms with E-state index in [-0.39, 0.29) is 11.9 Å². The van der Waals surface area contributed by atoms with E-state index in [0.717, 1.165) is 10.0 Å². The van der Waals surface area contributed by atoms with Gasteiger partial charge in [-0.05, 0) is 41.9 Å². The number of hydrogen-bond acceptors (Lipinski definition) is 2. The molecule has 4 heteroatoms. The van der Waals surface area contributed by atoms with E-state index in [1.165, 1.54) is 0 Å². The molecule has 0 fully saturated rings. The van der Waals surface area contributed by atoms with Crippen LogP contribution in [0.2, 0.25) is 0 Å². The first-order valence-corrected chi connectivity index (χ1v) is 5.61. The number of hydrogen-bond donors (Lipinski definition) is 2. The Morgan fingerprint density at radius 3 is 2.87 bits per heavy atom. The van der Waals surface area contributed by atoms with Crippen LogP contribution >= 0.6 is 15.9 Å². The maximum atomic E-state index is 11.8. The van der Waals surface area contributed by atoms with Crippen LogP contribution in [0.4, 0.5) is 0 Å². The average molecular weight is 271 g/mol. The second-order valence-corrected chi connectivity index (χ2v) is 4.45. The molecule has 0 aliphatic carbocycles. The number of halogens is 1. The van der Waals surface area contributed by atoms with Gasteiger partial charge in [-0.15, -0.1) is 0 Å². The summed E-state index contributed by atoms with van der Waals surface area (Å²) in [5.74, 6) is -0.0940. The number of nitrogens with two attached hydrogens (primary N) is 1. The molecule has 3 nitrogen and oxygen atoms in total. The lowest BCUT2D eigenvalue weighted by Crippen LogP contribution is -2.37. The molecule has 1 rings (SSSR count). The van der Waals surface area contributed by atoms with Gasteiger partial charge in [0.1, 0.15) is 0 Å². The van der Waals surface area contributed by atoms with Crippen LogP contribution in [0, 0.1) is 6.92 Å². The van der Waals surface area contributed by atoms with Crippen LogP contribution in [0.15, 0.2) is 22.7 Å². The fourth-order valence-corrected chi connectivity index (χ4v) is 1.60. The molecule has 82 valence electrons. The molecule has 0 aliphatic rings. The van der Waals surface area contributed by atoms with Crippen molar-refractivity contribution in [2.24, 2.45) is 5.73 Å². The molecule has 1 aromatic carbocycles. The van der Waals surface area contributed by atoms with Crippen molar-refractivity contribution in [2.75, 3.05) is 6.54 Å². The summed E-state index contributed by atoms with van der Waals surface area (Å²) in [5.41, 5.74) is 7.15. The molecule has 15 heavy (non-hydrogen) atoms. The molecular weight excluding hydrogens is 256 g/mol. The van der Waals surface area contributed by atoms with Gasteiger partial charge in [0.2, 0.25) is 0 Å². The number of aryl methyl sites for hydroxylation is 1. The van der Waals surface area contributed by atoms with Crippen LogP contribution in [0.25, 0.3) is 0 Å². The molecule has 0 aliphatic heterocycles. The van der Waals surface area contributed by atoms with Crippen molar-refractivity contribution >= 4 is 21.8 Å². The number of carbonyl (C=O) groups excluding carboxylic acids is 1. The van der Waals surface area contributed by atoms with Gasteiger partial charge in [0.15, 0.2) is 0 Å². The van der Waals surface area contributed by atoms with Crippen LogP contribution < -0.4 is 11.1 Å². The molecule has 3 N–H and O–H groups in total. The van der Waals surface area contributed by atoms with Crippen LogP contribution in [0.1, 0.15) is 22.8 Å². The lowest BCUT2D eigenvalue weighted by molar-refractivity contribution is 0.0940. The Bertz CT molecular complexity index is 366. The van der Waals surface area contributed by atoms with Crippen LogP contribution in [-0.4, -0.2) is 18.5 Å². The summed E-state index contributed by atoms with van der Waals surface area (Å²) in [4.78, 5) is 11.8. The van der Waals surface area contributed by atoms with Gasteiger partial charge in [0.05, 0.1) is 5.56 Å². The summed E-state index contributed by atoms with van der Waals surface area (Å²) < 4.78 is 0.801. The quantitative estimate of drug-likeness (QED) is 0.881. The Hall–Kier alpha value is -0.870. The van der Waals surface area contributed by atoms with Crippen molar-refractivity contribution < 1.29 is 4.79 Å². The minimum absolute atomic E-state index is 0.00934. The van der Waals surface area contributed by atoms with Gasteiger partial charge in [-0.2, -0.15) is 0 Å². The van der Waals surface area contributed by atoms with E-state index in [0.29, 0.717) is 12.1 Å². The monoisotopic (exact) mass is 270 g/mol. The summed E-state index contributed by atoms with van der Waals surface area (Å²) in [6.45, 7) is 4.27. The Morgan fingerprint density at radius 2 is 2.27 bits per heavy atom. The Morgan fingerprint density at radius 1 is 1.60 bits per heavy atom. The zero-order valence-electron chi connectivity index (χ0n) is 8.88. The van der Waals surface area contributed by atoms with E-state index in [1.54, 1.807) is 0 Å². The van der Waals surface area contributed by atoms with Gasteiger partial charge in [0.25, 0.3) is 5.91 Å². The highest BCUT2D eigenvalue weighted by Gasteiger charge is 2.11. The molecular formula is C11H15BrN2O. The fraction of sp³-hybridized carbons (Fsp3) is 0.364. The SMILES string of the molecule is Cc1ccc(Br)c(C(=O)NC(C)CN)c1. The van der Waals surface area contributed by atoms with Crippen LogP contribution in [0.5, 0.6) is 0 Å². The lowest BCUT2D eigenvalue weighted by Gasteiger charge is -2.12. The van der Waals surface area contributed by atoms with Gasteiger partial charge in [-0.25, -0.2) is 0 Å². The Balaban J connectivity index is 2.86. The first-order chi connectivity index (χ1) is 7.04. The third-order valence-corrected chi connectivity index (χ3v) is 2.79. The zero-order chi connectivity index (χ0) is 11.4. The van der Waals surface area contributed by atoms with Gasteiger partial charge in [0, 0.05) is 17.1 Å². The normalized spacial score (nSPS) is 12.3. The largest absolute Gasteiger partial charge is 0.348 e. The lowest BCUT2D eigenvalue weighted by atomic mass is 10.1. The number of nitrogens with one attached hydrogen (secondary N) is 1. The highest BCUT2D eigenvalue weighted by atomic mass is 79.9. The minimum atomic E-state index is -0.0940. The zero-order valence-corrected chi connectivity index (χ0v) is 10.5. The van der Waals surface area contributed by atoms with Crippen molar-refractivity contribution in [3.05, 3.63) is 33.8 Å². The number of carbonyl (C=O) groups is 1. The smallest absolute Gasteiger partial charge is 0.252 e. The summed E-state index contributed by atoms with van der Waals surface area (Å²) in [6, 6.07) is 5.66. The second kappa shape index (κ2) is 5.28. The standard InChI is InChI=1S/C11H15BrN2O/c1-7-3-4-10(12)9(5-7)11(15)14-8(2)6-13/h3-5,8H,6,13H2,1-2H3,(H,14,15). The predicted molar refractivity (Wildman–Crippen MR) is 64.9 cm³/mol. The summed E-state index contributed by atoms with van der Waals surface area (Å²) in [7, 11) is 0. The van der Waals surface area contributed by atoms with Gasteiger partial charge >= 0.3 is 0 Å². The van der Waals surface area contributed by atoms with E-state index in [4.69, 9.17) is 5.73 Å². The van der Waals surface area contributed by atoms with Crippen molar-refractivity contribution in [1.29, 1.82) is 0 Å². The Labute approximate surface area is 98.2 Å². The van der Waals surface area contributed by atoms with Crippen LogP contribution in [-0.2, 0) is 0 Å². The summed E-state index contributed by atoms with van der Waals surface area (Å²) in [5, 5.41) is 2.82. The van der Waals surface area contributed by atoms with E-state index >= 15 is 0 Å². The van der Waals surface area contributed by atoms with Crippen LogP contribution in [0.3, 0.4) is 0 Å². The Kier molecular flexibility index (Phi) is 4.29. The molecule has 1 aromatic rings. The third kappa shape index (κ3) is 3.32. The second-order valence-electron chi connectivity index (χ2n) is 3.59. The maximum absolute atomic E-state index is 11.8. The molecule has 1 amide bonds. The maximum Gasteiger partial charge on any atom is 0.252 e. The number of rotatable bonds is 3. The van der Waals surface area contributed by atoms with Crippen molar-refractivity contribution in [1.82, 2.24) is 5.32 Å². The predicted octanol–water partition coefficient (Wildman–Crippen LogP) is 1.83. The molecule has 0 saturated carbocycles. The van der Waals surface area contributed by atoms with E-state index < -0.39 is 0 Å².